The second kappa shape index (κ2) is 5.05. The maximum Gasteiger partial charge on any atom is 0.244 e. The molecule has 1 aliphatic rings. The monoisotopic (exact) mass is 290 g/mol. The van der Waals surface area contributed by atoms with Crippen LogP contribution in [0.2, 0.25) is 5.02 Å². The predicted molar refractivity (Wildman–Crippen MR) is 70.0 cm³/mol. The van der Waals surface area contributed by atoms with Gasteiger partial charge in [-0.1, -0.05) is 17.7 Å². The second-order valence-corrected chi connectivity index (χ2v) is 6.36. The van der Waals surface area contributed by atoms with Crippen LogP contribution < -0.4 is 10.5 Å². The molecule has 0 radical (unpaired) electrons. The van der Waals surface area contributed by atoms with Crippen molar-refractivity contribution in [1.29, 1.82) is 0 Å². The number of methoxy groups -OCH3 is 1. The minimum Gasteiger partial charge on any atom is -0.398 e. The topological polar surface area (TPSA) is 81.4 Å². The summed E-state index contributed by atoms with van der Waals surface area (Å²) in [5.41, 5.74) is 5.82. The molecular weight excluding hydrogens is 276 g/mol. The van der Waals surface area contributed by atoms with Crippen LogP contribution in [0.15, 0.2) is 23.1 Å². The van der Waals surface area contributed by atoms with Crippen LogP contribution in [0.3, 0.4) is 0 Å². The van der Waals surface area contributed by atoms with E-state index in [0.29, 0.717) is 12.8 Å². The molecule has 0 amide bonds. The normalized spacial score (nSPS) is 23.7. The molecule has 0 spiro atoms. The van der Waals surface area contributed by atoms with Crippen molar-refractivity contribution in [2.75, 3.05) is 12.8 Å². The van der Waals surface area contributed by atoms with Crippen LogP contribution in [0, 0.1) is 0 Å². The third-order valence-electron chi connectivity index (χ3n) is 3.02. The number of anilines is 1. The quantitative estimate of drug-likeness (QED) is 0.821. The third kappa shape index (κ3) is 2.61. The van der Waals surface area contributed by atoms with Gasteiger partial charge in [-0.3, -0.25) is 0 Å². The van der Waals surface area contributed by atoms with Gasteiger partial charge >= 0.3 is 0 Å². The molecule has 0 heterocycles. The zero-order chi connectivity index (χ0) is 13.3. The lowest BCUT2D eigenvalue weighted by Gasteiger charge is -2.34. The van der Waals surface area contributed by atoms with E-state index in [1.165, 1.54) is 12.1 Å². The Bertz CT molecular complexity index is 521. The van der Waals surface area contributed by atoms with Gasteiger partial charge in [0.05, 0.1) is 16.8 Å². The van der Waals surface area contributed by atoms with Gasteiger partial charge in [-0.2, -0.15) is 0 Å². The highest BCUT2D eigenvalue weighted by molar-refractivity contribution is 7.89. The average molecular weight is 291 g/mol. The molecule has 0 atom stereocenters. The van der Waals surface area contributed by atoms with Crippen molar-refractivity contribution in [2.24, 2.45) is 0 Å². The number of nitrogens with one attached hydrogen (secondary N) is 1. The summed E-state index contributed by atoms with van der Waals surface area (Å²) in [5, 5.41) is 0.130. The number of nitrogens with two attached hydrogens (primary N) is 1. The first-order chi connectivity index (χ1) is 8.44. The number of ether oxygens (including phenoxy) is 1. The van der Waals surface area contributed by atoms with Crippen LogP contribution in [0.1, 0.15) is 12.8 Å². The van der Waals surface area contributed by atoms with Crippen LogP contribution in [0.4, 0.5) is 5.69 Å². The Labute approximate surface area is 111 Å². The maximum absolute atomic E-state index is 12.2. The summed E-state index contributed by atoms with van der Waals surface area (Å²) < 4.78 is 32.0. The highest BCUT2D eigenvalue weighted by atomic mass is 35.5. The lowest BCUT2D eigenvalue weighted by atomic mass is 9.90. The van der Waals surface area contributed by atoms with E-state index in [0.717, 1.165) is 0 Å². The number of sulfonamides is 1. The molecule has 18 heavy (non-hydrogen) atoms. The van der Waals surface area contributed by atoms with E-state index in [2.05, 4.69) is 4.72 Å². The fraction of sp³-hybridized carbons (Fsp3) is 0.455. The summed E-state index contributed by atoms with van der Waals surface area (Å²) in [6.07, 6.45) is 1.46. The predicted octanol–water partition coefficient (Wildman–Crippen LogP) is 1.38. The number of rotatable bonds is 4. The first-order valence-corrected chi connectivity index (χ1v) is 7.39. The van der Waals surface area contributed by atoms with Gasteiger partial charge in [0, 0.05) is 13.2 Å². The van der Waals surface area contributed by atoms with Crippen molar-refractivity contribution >= 4 is 27.3 Å². The number of nitrogen functional groups attached to an aromatic ring is 1. The van der Waals surface area contributed by atoms with E-state index in [1.807, 2.05) is 0 Å². The van der Waals surface area contributed by atoms with Crippen LogP contribution in [-0.4, -0.2) is 27.7 Å². The molecule has 100 valence electrons. The molecule has 1 saturated carbocycles. The van der Waals surface area contributed by atoms with Gasteiger partial charge in [-0.15, -0.1) is 0 Å². The van der Waals surface area contributed by atoms with Gasteiger partial charge in [0.15, 0.2) is 0 Å². The van der Waals surface area contributed by atoms with Crippen molar-refractivity contribution in [3.8, 4) is 0 Å². The van der Waals surface area contributed by atoms with Crippen molar-refractivity contribution < 1.29 is 13.2 Å². The third-order valence-corrected chi connectivity index (χ3v) is 5.08. The Morgan fingerprint density at radius 1 is 1.44 bits per heavy atom. The van der Waals surface area contributed by atoms with Gasteiger partial charge in [-0.05, 0) is 25.0 Å². The number of benzene rings is 1. The number of hydrogen-bond donors (Lipinski definition) is 2. The second-order valence-electron chi connectivity index (χ2n) is 4.31. The Morgan fingerprint density at radius 3 is 2.67 bits per heavy atom. The largest absolute Gasteiger partial charge is 0.398 e. The van der Waals surface area contributed by atoms with Crippen molar-refractivity contribution in [1.82, 2.24) is 4.72 Å². The summed E-state index contributed by atoms with van der Waals surface area (Å²) in [6, 6.07) is 4.52. The van der Waals surface area contributed by atoms with Crippen molar-refractivity contribution in [3.63, 3.8) is 0 Å². The van der Waals surface area contributed by atoms with E-state index < -0.39 is 10.0 Å². The van der Waals surface area contributed by atoms with Crippen LogP contribution in [0.5, 0.6) is 0 Å². The maximum atomic E-state index is 12.2. The molecular formula is C11H15ClN2O3S. The van der Waals surface area contributed by atoms with E-state index in [4.69, 9.17) is 22.1 Å². The molecule has 0 aliphatic heterocycles. The fourth-order valence-electron chi connectivity index (χ4n) is 1.94. The summed E-state index contributed by atoms with van der Waals surface area (Å²) in [6.45, 7) is 0. The minimum atomic E-state index is -3.68. The molecule has 7 heteroatoms. The molecule has 1 aromatic carbocycles. The fourth-order valence-corrected chi connectivity index (χ4v) is 3.88. The summed E-state index contributed by atoms with van der Waals surface area (Å²) >= 11 is 5.89. The molecule has 0 bridgehead atoms. The van der Waals surface area contributed by atoms with Gasteiger partial charge in [0.25, 0.3) is 0 Å². The molecule has 0 aromatic heterocycles. The Balaban J connectivity index is 2.17. The summed E-state index contributed by atoms with van der Waals surface area (Å²) in [7, 11) is -2.06. The van der Waals surface area contributed by atoms with E-state index in [-0.39, 0.29) is 27.8 Å². The number of halogens is 1. The van der Waals surface area contributed by atoms with E-state index in [9.17, 15) is 8.42 Å². The zero-order valence-electron chi connectivity index (χ0n) is 9.89. The molecule has 3 N–H and O–H groups in total. The molecule has 1 aliphatic carbocycles. The average Bonchev–Trinajstić information content (AvgIpc) is 2.22. The SMILES string of the molecule is COC1CC(NS(=O)(=O)c2c(N)cccc2Cl)C1. The standard InChI is InChI=1S/C11H15ClN2O3S/c1-17-8-5-7(6-8)14-18(15,16)11-9(12)3-2-4-10(11)13/h2-4,7-8,14H,5-6,13H2,1H3. The van der Waals surface area contributed by atoms with Gasteiger partial charge in [-0.25, -0.2) is 13.1 Å². The van der Waals surface area contributed by atoms with Crippen molar-refractivity contribution in [3.05, 3.63) is 23.2 Å². The molecule has 1 fully saturated rings. The molecule has 0 unspecified atom stereocenters. The highest BCUT2D eigenvalue weighted by Gasteiger charge is 2.33. The first-order valence-electron chi connectivity index (χ1n) is 5.53. The van der Waals surface area contributed by atoms with E-state index in [1.54, 1.807) is 13.2 Å². The van der Waals surface area contributed by atoms with Crippen LogP contribution in [0.25, 0.3) is 0 Å². The molecule has 2 rings (SSSR count). The lowest BCUT2D eigenvalue weighted by Crippen LogP contribution is -2.47. The lowest BCUT2D eigenvalue weighted by molar-refractivity contribution is 0.0236. The molecule has 5 nitrogen and oxygen atoms in total. The van der Waals surface area contributed by atoms with Gasteiger partial charge in [0.2, 0.25) is 10.0 Å². The van der Waals surface area contributed by atoms with Gasteiger partial charge in [0.1, 0.15) is 4.90 Å². The van der Waals surface area contributed by atoms with Crippen LogP contribution >= 0.6 is 11.6 Å². The van der Waals surface area contributed by atoms with E-state index >= 15 is 0 Å². The van der Waals surface area contributed by atoms with Crippen molar-refractivity contribution in [2.45, 2.75) is 29.9 Å². The Morgan fingerprint density at radius 2 is 2.11 bits per heavy atom. The Kier molecular flexibility index (Phi) is 3.82. The highest BCUT2D eigenvalue weighted by Crippen LogP contribution is 2.29. The molecule has 0 saturated heterocycles. The summed E-state index contributed by atoms with van der Waals surface area (Å²) in [5.74, 6) is 0. The van der Waals surface area contributed by atoms with Gasteiger partial charge < -0.3 is 10.5 Å². The smallest absolute Gasteiger partial charge is 0.244 e. The zero-order valence-corrected chi connectivity index (χ0v) is 11.5. The Hall–Kier alpha value is -0.820. The number of hydrogen-bond acceptors (Lipinski definition) is 4. The first kappa shape index (κ1) is 13.6. The summed E-state index contributed by atoms with van der Waals surface area (Å²) in [4.78, 5) is -0.0486. The minimum absolute atomic E-state index is 0.0486. The van der Waals surface area contributed by atoms with Crippen LogP contribution in [-0.2, 0) is 14.8 Å². The molecule has 1 aromatic rings.